The van der Waals surface area contributed by atoms with Crippen LogP contribution in [-0.4, -0.2) is 29.3 Å². The monoisotopic (exact) mass is 197 g/mol. The zero-order valence-electron chi connectivity index (χ0n) is 10.1. The third-order valence-electron chi connectivity index (χ3n) is 3.42. The largest absolute Gasteiger partial charge is 0.359 e. The van der Waals surface area contributed by atoms with Gasteiger partial charge in [0.2, 0.25) is 0 Å². The van der Waals surface area contributed by atoms with Crippen LogP contribution >= 0.6 is 0 Å². The van der Waals surface area contributed by atoms with E-state index in [-0.39, 0.29) is 5.41 Å². The molecule has 2 heteroatoms. The molecular formula is C12H23NO. The van der Waals surface area contributed by atoms with Crippen molar-refractivity contribution in [2.24, 2.45) is 5.41 Å². The Hall–Kier alpha value is -0.0800. The van der Waals surface area contributed by atoms with E-state index in [1.54, 1.807) is 0 Å². The Morgan fingerprint density at radius 3 is 2.14 bits per heavy atom. The zero-order chi connectivity index (χ0) is 10.5. The van der Waals surface area contributed by atoms with Gasteiger partial charge in [0.1, 0.15) is 6.23 Å². The molecule has 1 atom stereocenters. The average Bonchev–Trinajstić information content (AvgIpc) is 1.99. The zero-order valence-corrected chi connectivity index (χ0v) is 10.1. The standard InChI is InChI=1S/C12H23NO/c1-8(2)13-9-6-10(7-9)14-11(13)12(3,4)5/h8-11H,6-7H2,1-5H3. The molecule has 14 heavy (non-hydrogen) atoms. The summed E-state index contributed by atoms with van der Waals surface area (Å²) < 4.78 is 6.12. The molecule has 1 saturated carbocycles. The minimum atomic E-state index is 0.238. The van der Waals surface area contributed by atoms with E-state index >= 15 is 0 Å². The maximum absolute atomic E-state index is 6.12. The van der Waals surface area contributed by atoms with Crippen LogP contribution in [0.2, 0.25) is 0 Å². The van der Waals surface area contributed by atoms with Crippen molar-refractivity contribution < 1.29 is 4.74 Å². The first-order chi connectivity index (χ1) is 6.39. The summed E-state index contributed by atoms with van der Waals surface area (Å²) in [7, 11) is 0. The van der Waals surface area contributed by atoms with E-state index in [0.29, 0.717) is 18.4 Å². The lowest BCUT2D eigenvalue weighted by Crippen LogP contribution is -2.65. The van der Waals surface area contributed by atoms with E-state index in [2.05, 4.69) is 39.5 Å². The van der Waals surface area contributed by atoms with Crippen molar-refractivity contribution in [2.75, 3.05) is 0 Å². The van der Waals surface area contributed by atoms with Gasteiger partial charge in [-0.3, -0.25) is 4.90 Å². The second-order valence-electron chi connectivity index (χ2n) is 6.14. The summed E-state index contributed by atoms with van der Waals surface area (Å²) in [6.45, 7) is 11.4. The van der Waals surface area contributed by atoms with Gasteiger partial charge >= 0.3 is 0 Å². The van der Waals surface area contributed by atoms with Gasteiger partial charge in [-0.05, 0) is 26.7 Å². The maximum atomic E-state index is 6.12. The van der Waals surface area contributed by atoms with Crippen LogP contribution < -0.4 is 0 Å². The summed E-state index contributed by atoms with van der Waals surface area (Å²) >= 11 is 0. The van der Waals surface area contributed by atoms with Crippen LogP contribution in [0.5, 0.6) is 0 Å². The summed E-state index contributed by atoms with van der Waals surface area (Å²) in [6, 6.07) is 1.39. The van der Waals surface area contributed by atoms with Crippen LogP contribution in [0.4, 0.5) is 0 Å². The highest BCUT2D eigenvalue weighted by molar-refractivity contribution is 4.98. The first-order valence-corrected chi connectivity index (χ1v) is 5.82. The highest BCUT2D eigenvalue weighted by Gasteiger charge is 2.49. The summed E-state index contributed by atoms with van der Waals surface area (Å²) in [5, 5.41) is 0. The summed E-state index contributed by atoms with van der Waals surface area (Å²) in [6.07, 6.45) is 3.38. The predicted octanol–water partition coefficient (Wildman–Crippen LogP) is 2.63. The van der Waals surface area contributed by atoms with Gasteiger partial charge in [0.05, 0.1) is 6.10 Å². The molecule has 0 amide bonds. The van der Waals surface area contributed by atoms with E-state index in [4.69, 9.17) is 4.74 Å². The number of nitrogens with zero attached hydrogens (tertiary/aromatic N) is 1. The molecule has 2 aliphatic heterocycles. The van der Waals surface area contributed by atoms with Gasteiger partial charge in [-0.1, -0.05) is 20.8 Å². The van der Waals surface area contributed by atoms with Gasteiger partial charge in [0.15, 0.2) is 0 Å². The molecule has 0 N–H and O–H groups in total. The van der Waals surface area contributed by atoms with Crippen molar-refractivity contribution >= 4 is 0 Å². The van der Waals surface area contributed by atoms with Gasteiger partial charge in [0.25, 0.3) is 0 Å². The molecular weight excluding hydrogens is 174 g/mol. The van der Waals surface area contributed by atoms with Gasteiger partial charge < -0.3 is 4.74 Å². The number of fused-ring (bicyclic) bond motifs is 2. The van der Waals surface area contributed by atoms with E-state index < -0.39 is 0 Å². The van der Waals surface area contributed by atoms with Crippen molar-refractivity contribution in [1.82, 2.24) is 4.90 Å². The number of hydrogen-bond donors (Lipinski definition) is 0. The molecule has 2 bridgehead atoms. The molecule has 2 heterocycles. The average molecular weight is 197 g/mol. The molecule has 3 rings (SSSR count). The molecule has 0 aromatic heterocycles. The SMILES string of the molecule is CC(C)N1C2CC(C2)OC1C(C)(C)C. The second-order valence-corrected chi connectivity index (χ2v) is 6.14. The Kier molecular flexibility index (Phi) is 2.39. The second kappa shape index (κ2) is 3.21. The quantitative estimate of drug-likeness (QED) is 0.640. The Labute approximate surface area is 87.6 Å². The minimum Gasteiger partial charge on any atom is -0.359 e. The van der Waals surface area contributed by atoms with E-state index in [0.717, 1.165) is 6.04 Å². The fourth-order valence-electron chi connectivity index (χ4n) is 2.68. The first kappa shape index (κ1) is 10.4. The molecule has 2 saturated heterocycles. The fourth-order valence-corrected chi connectivity index (χ4v) is 2.68. The van der Waals surface area contributed by atoms with Gasteiger partial charge in [0, 0.05) is 17.5 Å². The Balaban J connectivity index is 2.15. The maximum Gasteiger partial charge on any atom is 0.116 e. The van der Waals surface area contributed by atoms with Gasteiger partial charge in [-0.15, -0.1) is 0 Å². The Morgan fingerprint density at radius 1 is 1.21 bits per heavy atom. The lowest BCUT2D eigenvalue weighted by Gasteiger charge is -2.58. The van der Waals surface area contributed by atoms with E-state index in [9.17, 15) is 0 Å². The van der Waals surface area contributed by atoms with Gasteiger partial charge in [-0.2, -0.15) is 0 Å². The van der Waals surface area contributed by atoms with Crippen molar-refractivity contribution in [1.29, 1.82) is 0 Å². The van der Waals surface area contributed by atoms with E-state index in [1.807, 2.05) is 0 Å². The molecule has 0 aromatic rings. The molecule has 0 aromatic carbocycles. The number of rotatable bonds is 1. The van der Waals surface area contributed by atoms with Crippen LogP contribution in [0, 0.1) is 5.41 Å². The third kappa shape index (κ3) is 1.59. The molecule has 3 aliphatic rings. The molecule has 0 radical (unpaired) electrons. The lowest BCUT2D eigenvalue weighted by atomic mass is 9.80. The van der Waals surface area contributed by atoms with Crippen molar-refractivity contribution in [3.05, 3.63) is 0 Å². The van der Waals surface area contributed by atoms with Crippen molar-refractivity contribution in [3.8, 4) is 0 Å². The molecule has 0 spiro atoms. The minimum absolute atomic E-state index is 0.238. The predicted molar refractivity (Wildman–Crippen MR) is 58.1 cm³/mol. The van der Waals surface area contributed by atoms with Crippen LogP contribution in [0.3, 0.4) is 0 Å². The van der Waals surface area contributed by atoms with Crippen LogP contribution in [0.15, 0.2) is 0 Å². The first-order valence-electron chi connectivity index (χ1n) is 5.82. The van der Waals surface area contributed by atoms with E-state index in [1.165, 1.54) is 12.8 Å². The number of hydrogen-bond acceptors (Lipinski definition) is 2. The molecule has 1 unspecified atom stereocenters. The topological polar surface area (TPSA) is 12.5 Å². The Morgan fingerprint density at radius 2 is 1.79 bits per heavy atom. The van der Waals surface area contributed by atoms with Crippen LogP contribution in [0.1, 0.15) is 47.5 Å². The highest BCUT2D eigenvalue weighted by atomic mass is 16.5. The summed E-state index contributed by atoms with van der Waals surface area (Å²) in [4.78, 5) is 2.57. The smallest absolute Gasteiger partial charge is 0.116 e. The van der Waals surface area contributed by atoms with Crippen LogP contribution in [-0.2, 0) is 4.74 Å². The molecule has 82 valence electrons. The summed E-state index contributed by atoms with van der Waals surface area (Å²) in [5.41, 5.74) is 0.238. The Bertz CT molecular complexity index is 213. The number of ether oxygens (including phenoxy) is 1. The molecule has 3 fully saturated rings. The normalized spacial score (nSPS) is 38.6. The lowest BCUT2D eigenvalue weighted by molar-refractivity contribution is -0.264. The van der Waals surface area contributed by atoms with Crippen molar-refractivity contribution in [3.63, 3.8) is 0 Å². The molecule has 2 nitrogen and oxygen atoms in total. The van der Waals surface area contributed by atoms with Crippen LogP contribution in [0.25, 0.3) is 0 Å². The van der Waals surface area contributed by atoms with Gasteiger partial charge in [-0.25, -0.2) is 0 Å². The fraction of sp³-hybridized carbons (Fsp3) is 1.00. The van der Waals surface area contributed by atoms with Crippen molar-refractivity contribution in [2.45, 2.75) is 71.9 Å². The third-order valence-corrected chi connectivity index (χ3v) is 3.42. The molecule has 1 aliphatic carbocycles. The highest BCUT2D eigenvalue weighted by Crippen LogP contribution is 2.43. The summed E-state index contributed by atoms with van der Waals surface area (Å²) in [5.74, 6) is 0.